The van der Waals surface area contributed by atoms with Gasteiger partial charge in [0.15, 0.2) is 5.22 Å². The van der Waals surface area contributed by atoms with Gasteiger partial charge in [-0.15, -0.1) is 0 Å². The Hall–Kier alpha value is -1.73. The lowest BCUT2D eigenvalue weighted by Gasteiger charge is -2.03. The van der Waals surface area contributed by atoms with E-state index in [0.29, 0.717) is 6.54 Å². The molecule has 0 aromatic rings. The Labute approximate surface area is 81.1 Å². The molecule has 0 spiro atoms. The van der Waals surface area contributed by atoms with Gasteiger partial charge in [0.25, 0.3) is 0 Å². The highest BCUT2D eigenvalue weighted by molar-refractivity contribution is 5.84. The molecule has 14 heavy (non-hydrogen) atoms. The predicted octanol–water partition coefficient (Wildman–Crippen LogP) is -0.183. The van der Waals surface area contributed by atoms with Crippen molar-refractivity contribution in [2.24, 2.45) is 10.4 Å². The van der Waals surface area contributed by atoms with Gasteiger partial charge in [0, 0.05) is 13.6 Å². The zero-order valence-corrected chi connectivity index (χ0v) is 8.01. The molecule has 0 aliphatic heterocycles. The molecule has 0 bridgehead atoms. The summed E-state index contributed by atoms with van der Waals surface area (Å²) in [6.45, 7) is 2.50. The van der Waals surface area contributed by atoms with Gasteiger partial charge < -0.3 is 15.4 Å². The molecule has 0 aliphatic carbocycles. The first-order valence-electron chi connectivity index (χ1n) is 3.94. The van der Waals surface area contributed by atoms with E-state index in [0.717, 1.165) is 0 Å². The van der Waals surface area contributed by atoms with Crippen molar-refractivity contribution >= 4 is 5.91 Å². The van der Waals surface area contributed by atoms with Crippen LogP contribution in [0.25, 0.3) is 0 Å². The standard InChI is InChI=1S/C6H12N5O3/c1-3-7-6(12)4-5-10(2)8-9-11(13)14/h4H,3,5H2,1-2H3,(H,7,12). The van der Waals surface area contributed by atoms with Gasteiger partial charge >= 0.3 is 0 Å². The fraction of sp³-hybridized carbons (Fsp3) is 0.667. The van der Waals surface area contributed by atoms with E-state index in [1.807, 2.05) is 0 Å². The maximum atomic E-state index is 10.9. The maximum Gasteiger partial charge on any atom is 0.225 e. The second-order valence-corrected chi connectivity index (χ2v) is 2.36. The second-order valence-electron chi connectivity index (χ2n) is 2.36. The van der Waals surface area contributed by atoms with Crippen molar-refractivity contribution in [1.29, 1.82) is 0 Å². The van der Waals surface area contributed by atoms with Crippen molar-refractivity contribution < 1.29 is 9.83 Å². The molecular weight excluding hydrogens is 190 g/mol. The van der Waals surface area contributed by atoms with Gasteiger partial charge in [0.1, 0.15) is 0 Å². The van der Waals surface area contributed by atoms with Crippen molar-refractivity contribution in [1.82, 2.24) is 10.3 Å². The summed E-state index contributed by atoms with van der Waals surface area (Å²) in [5.41, 5.74) is 0. The summed E-state index contributed by atoms with van der Waals surface area (Å²) in [7, 11) is 1.47. The average Bonchev–Trinajstić information content (AvgIpc) is 2.12. The maximum absolute atomic E-state index is 10.9. The summed E-state index contributed by atoms with van der Waals surface area (Å²) in [6.07, 6.45) is 1.32. The molecule has 8 heteroatoms. The second kappa shape index (κ2) is 6.75. The monoisotopic (exact) mass is 202 g/mol. The fourth-order valence-electron chi connectivity index (χ4n) is 0.599. The Morgan fingerprint density at radius 3 is 2.86 bits per heavy atom. The highest BCUT2D eigenvalue weighted by atomic mass is 16.7. The molecule has 0 aromatic carbocycles. The molecule has 0 aromatic heterocycles. The molecule has 0 rings (SSSR count). The van der Waals surface area contributed by atoms with Gasteiger partial charge in [-0.25, -0.2) is 0 Å². The minimum Gasteiger partial charge on any atom is -0.356 e. The zero-order chi connectivity index (χ0) is 11.0. The molecule has 0 heterocycles. The topological polar surface area (TPSA) is 100 Å². The van der Waals surface area contributed by atoms with Crippen LogP contribution in [0.1, 0.15) is 6.92 Å². The van der Waals surface area contributed by atoms with Gasteiger partial charge in [0.2, 0.25) is 11.1 Å². The smallest absolute Gasteiger partial charge is 0.225 e. The minimum atomic E-state index is -0.914. The summed E-state index contributed by atoms with van der Waals surface area (Å²) in [4.78, 5) is 20.7. The van der Waals surface area contributed by atoms with Crippen molar-refractivity contribution in [2.45, 2.75) is 6.92 Å². The highest BCUT2D eigenvalue weighted by Crippen LogP contribution is 1.88. The lowest BCUT2D eigenvalue weighted by atomic mass is 10.4. The number of hydrogen-bond donors (Lipinski definition) is 1. The molecule has 1 radical (unpaired) electrons. The first-order valence-corrected chi connectivity index (χ1v) is 3.94. The molecule has 0 aliphatic rings. The van der Waals surface area contributed by atoms with Crippen LogP contribution in [-0.4, -0.2) is 36.1 Å². The van der Waals surface area contributed by atoms with Gasteiger partial charge in [0.05, 0.1) is 18.0 Å². The average molecular weight is 202 g/mol. The van der Waals surface area contributed by atoms with Crippen LogP contribution in [0, 0.1) is 16.5 Å². The largest absolute Gasteiger partial charge is 0.356 e. The van der Waals surface area contributed by atoms with E-state index in [1.165, 1.54) is 18.5 Å². The molecule has 8 nitrogen and oxygen atoms in total. The first-order chi connectivity index (χ1) is 6.56. The summed E-state index contributed by atoms with van der Waals surface area (Å²) in [5.74, 6) is -0.240. The number of nitro groups is 1. The number of rotatable bonds is 6. The zero-order valence-electron chi connectivity index (χ0n) is 8.01. The molecule has 0 saturated carbocycles. The molecule has 1 N–H and O–H groups in total. The first kappa shape index (κ1) is 12.3. The van der Waals surface area contributed by atoms with Crippen LogP contribution in [0.15, 0.2) is 10.4 Å². The fourth-order valence-corrected chi connectivity index (χ4v) is 0.599. The number of nitrogens with zero attached hydrogens (tertiary/aromatic N) is 4. The summed E-state index contributed by atoms with van der Waals surface area (Å²) in [6, 6.07) is 0. The normalized spacial score (nSPS) is 10.1. The van der Waals surface area contributed by atoms with E-state index in [4.69, 9.17) is 0 Å². The SMILES string of the molecule is CCNC(=O)[CH]CN(C)N=N[N+](=O)[O-]. The van der Waals surface area contributed by atoms with E-state index in [2.05, 4.69) is 15.8 Å². The Morgan fingerprint density at radius 2 is 2.36 bits per heavy atom. The van der Waals surface area contributed by atoms with Crippen molar-refractivity contribution in [3.63, 3.8) is 0 Å². The molecule has 0 fully saturated rings. The molecular formula is C6H12N5O3. The van der Waals surface area contributed by atoms with Crippen LogP contribution >= 0.6 is 0 Å². The van der Waals surface area contributed by atoms with Crippen LogP contribution in [0.3, 0.4) is 0 Å². The Balaban J connectivity index is 3.68. The summed E-state index contributed by atoms with van der Waals surface area (Å²) >= 11 is 0. The van der Waals surface area contributed by atoms with E-state index in [-0.39, 0.29) is 12.5 Å². The predicted molar refractivity (Wildman–Crippen MR) is 47.5 cm³/mol. The van der Waals surface area contributed by atoms with E-state index >= 15 is 0 Å². The van der Waals surface area contributed by atoms with E-state index < -0.39 is 5.03 Å². The van der Waals surface area contributed by atoms with Crippen molar-refractivity contribution in [2.75, 3.05) is 20.1 Å². The van der Waals surface area contributed by atoms with Crippen LogP contribution in [0.5, 0.6) is 0 Å². The van der Waals surface area contributed by atoms with Crippen LogP contribution in [0.2, 0.25) is 0 Å². The number of amides is 1. The van der Waals surface area contributed by atoms with E-state index in [1.54, 1.807) is 6.92 Å². The van der Waals surface area contributed by atoms with Gasteiger partial charge in [-0.1, -0.05) is 0 Å². The molecule has 0 unspecified atom stereocenters. The number of nitrogens with one attached hydrogen (secondary N) is 1. The van der Waals surface area contributed by atoms with Crippen LogP contribution < -0.4 is 5.32 Å². The molecule has 1 amide bonds. The third-order valence-electron chi connectivity index (χ3n) is 1.16. The quantitative estimate of drug-likeness (QED) is 0.366. The number of hydrogen-bond acceptors (Lipinski definition) is 4. The Kier molecular flexibility index (Phi) is 5.92. The third-order valence-corrected chi connectivity index (χ3v) is 1.16. The summed E-state index contributed by atoms with van der Waals surface area (Å²) < 4.78 is 0. The number of carbonyl (C=O) groups excluding carboxylic acids is 1. The van der Waals surface area contributed by atoms with Crippen LogP contribution in [-0.2, 0) is 4.79 Å². The van der Waals surface area contributed by atoms with Gasteiger partial charge in [-0.3, -0.25) is 4.79 Å². The Morgan fingerprint density at radius 1 is 1.71 bits per heavy atom. The van der Waals surface area contributed by atoms with Crippen molar-refractivity contribution in [3.8, 4) is 0 Å². The Bertz CT molecular complexity index is 230. The third kappa shape index (κ3) is 6.95. The van der Waals surface area contributed by atoms with Crippen LogP contribution in [0.4, 0.5) is 0 Å². The lowest BCUT2D eigenvalue weighted by molar-refractivity contribution is -0.496. The van der Waals surface area contributed by atoms with E-state index in [9.17, 15) is 14.9 Å². The van der Waals surface area contributed by atoms with Crippen molar-refractivity contribution in [3.05, 3.63) is 16.5 Å². The van der Waals surface area contributed by atoms with Gasteiger partial charge in [-0.05, 0) is 6.92 Å². The minimum absolute atomic E-state index is 0.170. The number of carbonyl (C=O) groups is 1. The van der Waals surface area contributed by atoms with Gasteiger partial charge in [-0.2, -0.15) is 5.01 Å². The molecule has 0 atom stereocenters. The molecule has 0 saturated heterocycles. The highest BCUT2D eigenvalue weighted by Gasteiger charge is 2.05. The lowest BCUT2D eigenvalue weighted by Crippen LogP contribution is -2.27. The molecule has 79 valence electrons. The summed E-state index contributed by atoms with van der Waals surface area (Å²) in [5, 5.41) is 18.4.